The highest BCUT2D eigenvalue weighted by molar-refractivity contribution is 7.80. The number of rotatable bonds is 0. The molecule has 0 saturated carbocycles. The number of phenolic OH excluding ortho intramolecular Hbond substituents is 2. The van der Waals surface area contributed by atoms with Crippen LogP contribution in [-0.2, 0) is 0 Å². The predicted octanol–water partition coefficient (Wildman–Crippen LogP) is 1.68. The van der Waals surface area contributed by atoms with Gasteiger partial charge in [-0.15, -0.1) is 25.3 Å². The molecule has 0 heterocycles. The molecule has 0 aliphatic heterocycles. The van der Waals surface area contributed by atoms with Crippen LogP contribution in [-0.4, -0.2) is 10.2 Å². The minimum absolute atomic E-state index is 0.226. The van der Waals surface area contributed by atoms with E-state index in [1.807, 2.05) is 0 Å². The van der Waals surface area contributed by atoms with Crippen LogP contribution in [0.15, 0.2) is 21.9 Å². The first-order valence-electron chi connectivity index (χ1n) is 2.56. The second-order valence-corrected chi connectivity index (χ2v) is 2.76. The zero-order valence-electron chi connectivity index (χ0n) is 4.94. The zero-order valence-corrected chi connectivity index (χ0v) is 6.73. The van der Waals surface area contributed by atoms with Crippen LogP contribution in [0.25, 0.3) is 0 Å². The monoisotopic (exact) mass is 174 g/mol. The lowest BCUT2D eigenvalue weighted by Gasteiger charge is -2.01. The maximum absolute atomic E-state index is 9.01. The molecule has 0 saturated heterocycles. The smallest absolute Gasteiger partial charge is 0.172 e. The van der Waals surface area contributed by atoms with E-state index in [4.69, 9.17) is 10.2 Å². The molecule has 0 spiro atoms. The summed E-state index contributed by atoms with van der Waals surface area (Å²) >= 11 is 7.74. The van der Waals surface area contributed by atoms with Gasteiger partial charge in [-0.1, -0.05) is 0 Å². The lowest BCUT2D eigenvalue weighted by atomic mass is 10.3. The van der Waals surface area contributed by atoms with Gasteiger partial charge in [-0.3, -0.25) is 0 Å². The van der Waals surface area contributed by atoms with E-state index in [0.717, 1.165) is 0 Å². The molecule has 54 valence electrons. The third kappa shape index (κ3) is 1.17. The van der Waals surface area contributed by atoms with Crippen molar-refractivity contribution in [3.05, 3.63) is 12.1 Å². The first kappa shape index (κ1) is 7.63. The molecule has 10 heavy (non-hydrogen) atoms. The van der Waals surface area contributed by atoms with Crippen LogP contribution in [0.1, 0.15) is 0 Å². The fraction of sp³-hybridized carbons (Fsp3) is 0. The molecule has 0 amide bonds. The molecule has 0 aromatic heterocycles. The van der Waals surface area contributed by atoms with Gasteiger partial charge in [0.2, 0.25) is 0 Å². The van der Waals surface area contributed by atoms with Crippen molar-refractivity contribution in [2.45, 2.75) is 9.79 Å². The Morgan fingerprint density at radius 3 is 1.50 bits per heavy atom. The summed E-state index contributed by atoms with van der Waals surface area (Å²) in [5, 5.41) is 18.0. The van der Waals surface area contributed by atoms with E-state index in [-0.39, 0.29) is 11.5 Å². The van der Waals surface area contributed by atoms with Crippen LogP contribution >= 0.6 is 25.3 Å². The number of phenols is 2. The topological polar surface area (TPSA) is 40.5 Å². The summed E-state index contributed by atoms with van der Waals surface area (Å²) in [4.78, 5) is 0.686. The molecule has 1 aromatic rings. The minimum atomic E-state index is -0.226. The molecule has 2 N–H and O–H groups in total. The third-order valence-corrected chi connectivity index (χ3v) is 1.83. The normalized spacial score (nSPS) is 9.80. The van der Waals surface area contributed by atoms with Crippen LogP contribution < -0.4 is 0 Å². The van der Waals surface area contributed by atoms with Crippen LogP contribution in [0.3, 0.4) is 0 Å². The predicted molar refractivity (Wildman–Crippen MR) is 44.3 cm³/mol. The lowest BCUT2D eigenvalue weighted by molar-refractivity contribution is 0.387. The molecule has 0 aliphatic rings. The fourth-order valence-electron chi connectivity index (χ4n) is 0.558. The average molecular weight is 174 g/mol. The Labute approximate surface area is 69.3 Å². The van der Waals surface area contributed by atoms with Gasteiger partial charge in [0.15, 0.2) is 11.5 Å². The lowest BCUT2D eigenvalue weighted by Crippen LogP contribution is -1.73. The number of thiol groups is 2. The molecule has 0 bridgehead atoms. The molecule has 2 nitrogen and oxygen atoms in total. The second kappa shape index (κ2) is 2.64. The van der Waals surface area contributed by atoms with E-state index in [2.05, 4.69) is 25.3 Å². The van der Waals surface area contributed by atoms with Crippen LogP contribution in [0.2, 0.25) is 0 Å². The summed E-state index contributed by atoms with van der Waals surface area (Å²) in [5.74, 6) is -0.452. The molecular formula is C6H6O2S2. The molecule has 0 fully saturated rings. The number of benzene rings is 1. The maximum Gasteiger partial charge on any atom is 0.172 e. The number of aromatic hydroxyl groups is 2. The first-order chi connectivity index (χ1) is 4.63. The van der Waals surface area contributed by atoms with Crippen LogP contribution in [0.4, 0.5) is 0 Å². The Morgan fingerprint density at radius 2 is 1.20 bits per heavy atom. The average Bonchev–Trinajstić information content (AvgIpc) is 1.93. The Hall–Kier alpha value is -0.480. The molecule has 0 aliphatic carbocycles. The largest absolute Gasteiger partial charge is 0.503 e. The van der Waals surface area contributed by atoms with Gasteiger partial charge in [0, 0.05) is 9.79 Å². The van der Waals surface area contributed by atoms with Gasteiger partial charge in [0.25, 0.3) is 0 Å². The molecule has 1 aromatic carbocycles. The number of hydrogen-bond donors (Lipinski definition) is 4. The number of hydrogen-bond acceptors (Lipinski definition) is 4. The molecular weight excluding hydrogens is 168 g/mol. The van der Waals surface area contributed by atoms with Gasteiger partial charge >= 0.3 is 0 Å². The van der Waals surface area contributed by atoms with Crippen LogP contribution in [0.5, 0.6) is 11.5 Å². The molecule has 4 heteroatoms. The Balaban J connectivity index is 3.34. The quantitative estimate of drug-likeness (QED) is 0.357. The molecule has 0 atom stereocenters. The second-order valence-electron chi connectivity index (χ2n) is 1.80. The van der Waals surface area contributed by atoms with Crippen molar-refractivity contribution >= 4 is 25.3 Å². The van der Waals surface area contributed by atoms with Gasteiger partial charge < -0.3 is 10.2 Å². The summed E-state index contributed by atoms with van der Waals surface area (Å²) in [6.07, 6.45) is 0. The van der Waals surface area contributed by atoms with Crippen molar-refractivity contribution in [1.29, 1.82) is 0 Å². The van der Waals surface area contributed by atoms with Gasteiger partial charge in [0.05, 0.1) is 0 Å². The fourth-order valence-corrected chi connectivity index (χ4v) is 0.919. The van der Waals surface area contributed by atoms with Crippen molar-refractivity contribution in [2.24, 2.45) is 0 Å². The summed E-state index contributed by atoms with van der Waals surface area (Å²) in [5.41, 5.74) is 0. The molecule has 0 unspecified atom stereocenters. The summed E-state index contributed by atoms with van der Waals surface area (Å²) < 4.78 is 0. The SMILES string of the molecule is Oc1c(S)ccc(S)c1O. The van der Waals surface area contributed by atoms with E-state index in [1.54, 1.807) is 12.1 Å². The molecule has 1 rings (SSSR count). The molecule has 0 radical (unpaired) electrons. The minimum Gasteiger partial charge on any atom is -0.503 e. The van der Waals surface area contributed by atoms with Crippen molar-refractivity contribution in [3.8, 4) is 11.5 Å². The van der Waals surface area contributed by atoms with E-state index < -0.39 is 0 Å². The van der Waals surface area contributed by atoms with E-state index in [0.29, 0.717) is 9.79 Å². The Kier molecular flexibility index (Phi) is 2.01. The van der Waals surface area contributed by atoms with Gasteiger partial charge in [0.1, 0.15) is 0 Å². The van der Waals surface area contributed by atoms with Crippen molar-refractivity contribution in [1.82, 2.24) is 0 Å². The Morgan fingerprint density at radius 1 is 0.900 bits per heavy atom. The van der Waals surface area contributed by atoms with Gasteiger partial charge in [-0.05, 0) is 12.1 Å². The highest BCUT2D eigenvalue weighted by atomic mass is 32.1. The van der Waals surface area contributed by atoms with Crippen molar-refractivity contribution < 1.29 is 10.2 Å². The van der Waals surface area contributed by atoms with E-state index in [9.17, 15) is 0 Å². The summed E-state index contributed by atoms with van der Waals surface area (Å²) in [6.45, 7) is 0. The summed E-state index contributed by atoms with van der Waals surface area (Å²) in [7, 11) is 0. The maximum atomic E-state index is 9.01. The zero-order chi connectivity index (χ0) is 7.72. The third-order valence-electron chi connectivity index (χ3n) is 1.11. The van der Waals surface area contributed by atoms with Crippen LogP contribution in [0, 0.1) is 0 Å². The first-order valence-corrected chi connectivity index (χ1v) is 3.45. The highest BCUT2D eigenvalue weighted by Crippen LogP contribution is 2.36. The highest BCUT2D eigenvalue weighted by Gasteiger charge is 2.05. The van der Waals surface area contributed by atoms with E-state index >= 15 is 0 Å². The standard InChI is InChI=1S/C6H6O2S2/c7-5-3(9)1-2-4(10)6(5)8/h1-2,7-10H. The van der Waals surface area contributed by atoms with E-state index in [1.165, 1.54) is 0 Å². The van der Waals surface area contributed by atoms with Crippen molar-refractivity contribution in [2.75, 3.05) is 0 Å². The Bertz CT molecular complexity index is 233. The van der Waals surface area contributed by atoms with Crippen molar-refractivity contribution in [3.63, 3.8) is 0 Å². The van der Waals surface area contributed by atoms with Gasteiger partial charge in [-0.25, -0.2) is 0 Å². The summed E-state index contributed by atoms with van der Waals surface area (Å²) in [6, 6.07) is 3.11. The van der Waals surface area contributed by atoms with Gasteiger partial charge in [-0.2, -0.15) is 0 Å².